The zero-order chi connectivity index (χ0) is 20.8. The first-order chi connectivity index (χ1) is 14.5. The molecule has 0 bridgehead atoms. The lowest BCUT2D eigenvalue weighted by Crippen LogP contribution is -2.36. The number of fused-ring (bicyclic) bond motifs is 2. The van der Waals surface area contributed by atoms with Crippen molar-refractivity contribution in [3.8, 4) is 0 Å². The average Bonchev–Trinajstić information content (AvgIpc) is 3.06. The molecule has 0 N–H and O–H groups in total. The fourth-order valence-corrected chi connectivity index (χ4v) is 4.62. The van der Waals surface area contributed by atoms with Crippen molar-refractivity contribution in [3.05, 3.63) is 69.1 Å². The van der Waals surface area contributed by atoms with Crippen molar-refractivity contribution in [1.82, 2.24) is 0 Å². The summed E-state index contributed by atoms with van der Waals surface area (Å²) in [5, 5.41) is 0.591. The molecule has 156 valence electrons. The molecule has 5 rings (SSSR count). The van der Waals surface area contributed by atoms with Crippen LogP contribution in [0.2, 0.25) is 0 Å². The summed E-state index contributed by atoms with van der Waals surface area (Å²) in [5.41, 5.74) is 4.22. The van der Waals surface area contributed by atoms with Crippen LogP contribution in [-0.2, 0) is 17.7 Å². The topological polar surface area (TPSA) is 45.9 Å². The summed E-state index contributed by atoms with van der Waals surface area (Å²) in [6.07, 6.45) is 0.675. The molecule has 2 aliphatic heterocycles. The lowest BCUT2D eigenvalue weighted by atomic mass is 10.1. The van der Waals surface area contributed by atoms with Gasteiger partial charge in [-0.2, -0.15) is 0 Å². The first-order valence-corrected chi connectivity index (χ1v) is 10.5. The van der Waals surface area contributed by atoms with Crippen LogP contribution >= 0.6 is 0 Å². The van der Waals surface area contributed by atoms with E-state index in [1.165, 1.54) is 6.07 Å². The van der Waals surface area contributed by atoms with E-state index in [2.05, 4.69) is 22.8 Å². The third kappa shape index (κ3) is 3.25. The third-order valence-electron chi connectivity index (χ3n) is 6.14. The number of hydrogen-bond donors (Lipinski definition) is 0. The monoisotopic (exact) mass is 408 g/mol. The fraction of sp³-hybridized carbons (Fsp3) is 0.375. The highest BCUT2D eigenvalue weighted by Crippen LogP contribution is 2.36. The van der Waals surface area contributed by atoms with Crippen molar-refractivity contribution >= 4 is 22.5 Å². The number of ether oxygens (including phenoxy) is 1. The predicted molar refractivity (Wildman–Crippen MR) is 116 cm³/mol. The van der Waals surface area contributed by atoms with E-state index in [-0.39, 0.29) is 17.3 Å². The van der Waals surface area contributed by atoms with Crippen molar-refractivity contribution in [2.45, 2.75) is 32.9 Å². The van der Waals surface area contributed by atoms with Crippen molar-refractivity contribution in [3.63, 3.8) is 0 Å². The summed E-state index contributed by atoms with van der Waals surface area (Å²) in [7, 11) is 0. The van der Waals surface area contributed by atoms with Crippen LogP contribution in [0.4, 0.5) is 16.0 Å². The van der Waals surface area contributed by atoms with Crippen molar-refractivity contribution in [1.29, 1.82) is 0 Å². The number of benzene rings is 2. The minimum Gasteiger partial charge on any atom is -0.440 e. The van der Waals surface area contributed by atoms with E-state index >= 15 is 0 Å². The van der Waals surface area contributed by atoms with Crippen LogP contribution in [0.15, 0.2) is 45.6 Å². The first-order valence-electron chi connectivity index (χ1n) is 10.5. The van der Waals surface area contributed by atoms with Crippen LogP contribution in [-0.4, -0.2) is 32.3 Å². The standard InChI is InChI=1S/C24H25FN2O3/c1-15-10-17(14-27-16(2)12-18-20(25)4-3-5-21(18)27)24-19(11-15)22(28)13-23(30-24)26-6-8-29-9-7-26/h3-5,10-11,13,16H,6-9,12,14H2,1-2H3/t16-/m0/s1. The van der Waals surface area contributed by atoms with Gasteiger partial charge in [-0.3, -0.25) is 4.79 Å². The van der Waals surface area contributed by atoms with E-state index in [1.54, 1.807) is 12.1 Å². The second kappa shape index (κ2) is 7.43. The zero-order valence-electron chi connectivity index (χ0n) is 17.3. The lowest BCUT2D eigenvalue weighted by molar-refractivity contribution is 0.121. The highest BCUT2D eigenvalue weighted by molar-refractivity contribution is 5.82. The van der Waals surface area contributed by atoms with Crippen LogP contribution < -0.4 is 15.2 Å². The molecule has 0 spiro atoms. The van der Waals surface area contributed by atoms with E-state index in [0.717, 1.165) is 22.4 Å². The van der Waals surface area contributed by atoms with E-state index < -0.39 is 0 Å². The van der Waals surface area contributed by atoms with Crippen molar-refractivity contribution in [2.75, 3.05) is 36.1 Å². The summed E-state index contributed by atoms with van der Waals surface area (Å²) in [6.45, 7) is 7.29. The van der Waals surface area contributed by atoms with Crippen LogP contribution in [0.1, 0.15) is 23.6 Å². The normalized spacial score (nSPS) is 18.8. The minimum atomic E-state index is -0.155. The van der Waals surface area contributed by atoms with E-state index in [0.29, 0.717) is 56.1 Å². The van der Waals surface area contributed by atoms with Gasteiger partial charge in [-0.15, -0.1) is 0 Å². The number of nitrogens with zero attached hydrogens (tertiary/aromatic N) is 2. The highest BCUT2D eigenvalue weighted by atomic mass is 19.1. The number of rotatable bonds is 3. The summed E-state index contributed by atoms with van der Waals surface area (Å²) >= 11 is 0. The van der Waals surface area contributed by atoms with Gasteiger partial charge in [0.25, 0.3) is 0 Å². The Hall–Kier alpha value is -2.86. The van der Waals surface area contributed by atoms with Crippen LogP contribution in [0.3, 0.4) is 0 Å². The van der Waals surface area contributed by atoms with Crippen LogP contribution in [0.25, 0.3) is 11.0 Å². The van der Waals surface area contributed by atoms with Gasteiger partial charge >= 0.3 is 0 Å². The molecule has 3 heterocycles. The molecule has 1 atom stereocenters. The van der Waals surface area contributed by atoms with Gasteiger partial charge in [0, 0.05) is 48.6 Å². The third-order valence-corrected chi connectivity index (χ3v) is 6.14. The number of anilines is 2. The molecule has 6 heteroatoms. The molecule has 1 aromatic heterocycles. The molecule has 0 radical (unpaired) electrons. The molecule has 0 aliphatic carbocycles. The predicted octanol–water partition coefficient (Wildman–Crippen LogP) is 4.03. The average molecular weight is 408 g/mol. The summed E-state index contributed by atoms with van der Waals surface area (Å²) < 4.78 is 26.0. The van der Waals surface area contributed by atoms with Gasteiger partial charge in [0.05, 0.1) is 18.6 Å². The van der Waals surface area contributed by atoms with E-state index in [1.807, 2.05) is 19.1 Å². The molecule has 0 saturated carbocycles. The lowest BCUT2D eigenvalue weighted by Gasteiger charge is -2.28. The Bertz CT molecular complexity index is 1170. The van der Waals surface area contributed by atoms with Crippen LogP contribution in [0, 0.1) is 12.7 Å². The molecule has 3 aromatic rings. The quantitative estimate of drug-likeness (QED) is 0.655. The van der Waals surface area contributed by atoms with Gasteiger partial charge in [-0.05, 0) is 44.0 Å². The summed E-state index contributed by atoms with van der Waals surface area (Å²) in [4.78, 5) is 17.2. The Kier molecular flexibility index (Phi) is 4.74. The maximum atomic E-state index is 14.3. The number of morpholine rings is 1. The van der Waals surface area contributed by atoms with Gasteiger partial charge in [0.15, 0.2) is 11.3 Å². The molecule has 1 saturated heterocycles. The molecular weight excluding hydrogens is 383 g/mol. The van der Waals surface area contributed by atoms with Gasteiger partial charge in [-0.1, -0.05) is 12.1 Å². The fourth-order valence-electron chi connectivity index (χ4n) is 4.62. The van der Waals surface area contributed by atoms with E-state index in [4.69, 9.17) is 9.15 Å². The van der Waals surface area contributed by atoms with Gasteiger partial charge in [0.2, 0.25) is 0 Å². The summed E-state index contributed by atoms with van der Waals surface area (Å²) in [5.74, 6) is 0.430. The molecule has 2 aromatic carbocycles. The van der Waals surface area contributed by atoms with Crippen molar-refractivity contribution < 1.29 is 13.5 Å². The van der Waals surface area contributed by atoms with Gasteiger partial charge < -0.3 is 19.0 Å². The molecule has 30 heavy (non-hydrogen) atoms. The Morgan fingerprint density at radius 3 is 2.77 bits per heavy atom. The molecule has 0 unspecified atom stereocenters. The number of hydrogen-bond acceptors (Lipinski definition) is 5. The molecular formula is C24H25FN2O3. The highest BCUT2D eigenvalue weighted by Gasteiger charge is 2.29. The Labute approximate surface area is 174 Å². The smallest absolute Gasteiger partial charge is 0.200 e. The van der Waals surface area contributed by atoms with E-state index in [9.17, 15) is 9.18 Å². The van der Waals surface area contributed by atoms with Gasteiger partial charge in [-0.25, -0.2) is 4.39 Å². The minimum absolute atomic E-state index is 0.0383. The summed E-state index contributed by atoms with van der Waals surface area (Å²) in [6, 6.07) is 10.9. The molecule has 0 amide bonds. The van der Waals surface area contributed by atoms with Crippen LogP contribution in [0.5, 0.6) is 0 Å². The largest absolute Gasteiger partial charge is 0.440 e. The number of halogens is 1. The molecule has 2 aliphatic rings. The van der Waals surface area contributed by atoms with Gasteiger partial charge in [0.1, 0.15) is 11.4 Å². The second-order valence-electron chi connectivity index (χ2n) is 8.27. The Morgan fingerprint density at radius 1 is 1.17 bits per heavy atom. The number of aryl methyl sites for hydroxylation is 1. The first kappa shape index (κ1) is 19.1. The maximum absolute atomic E-state index is 14.3. The Balaban J connectivity index is 1.60. The van der Waals surface area contributed by atoms with Crippen molar-refractivity contribution in [2.24, 2.45) is 0 Å². The SMILES string of the molecule is Cc1cc(CN2c3cccc(F)c3C[C@@H]2C)c2oc(N3CCOCC3)cc(=O)c2c1. The zero-order valence-corrected chi connectivity index (χ0v) is 17.3. The molecule has 1 fully saturated rings. The maximum Gasteiger partial charge on any atom is 0.200 e. The Morgan fingerprint density at radius 2 is 1.97 bits per heavy atom. The second-order valence-corrected chi connectivity index (χ2v) is 8.27. The molecule has 5 nitrogen and oxygen atoms in total.